The fourth-order valence-electron chi connectivity index (χ4n) is 2.95. The van der Waals surface area contributed by atoms with Crippen LogP contribution in [0.5, 0.6) is 0 Å². The Bertz CT molecular complexity index is 521. The smallest absolute Gasteiger partial charge is 0.143 e. The van der Waals surface area contributed by atoms with Gasteiger partial charge in [0.05, 0.1) is 0 Å². The van der Waals surface area contributed by atoms with Crippen LogP contribution >= 0.6 is 0 Å². The summed E-state index contributed by atoms with van der Waals surface area (Å²) in [5.74, 6) is 0.892. The van der Waals surface area contributed by atoms with Crippen molar-refractivity contribution in [3.05, 3.63) is 24.3 Å². The van der Waals surface area contributed by atoms with Gasteiger partial charge in [-0.05, 0) is 44.1 Å². The lowest BCUT2D eigenvalue weighted by Crippen LogP contribution is -2.16. The van der Waals surface area contributed by atoms with Crippen molar-refractivity contribution in [1.82, 2.24) is 14.5 Å². The first-order valence-corrected chi connectivity index (χ1v) is 6.53. The van der Waals surface area contributed by atoms with Crippen LogP contribution in [-0.4, -0.2) is 14.5 Å². The van der Waals surface area contributed by atoms with Gasteiger partial charge in [-0.3, -0.25) is 0 Å². The maximum Gasteiger partial charge on any atom is 0.143 e. The highest BCUT2D eigenvalue weighted by Crippen LogP contribution is 2.34. The molecule has 0 unspecified atom stereocenters. The summed E-state index contributed by atoms with van der Waals surface area (Å²) in [7, 11) is 0. The fourth-order valence-corrected chi connectivity index (χ4v) is 2.95. The number of nitrogens with zero attached hydrogens (tertiary/aromatic N) is 3. The molecule has 0 aliphatic heterocycles. The van der Waals surface area contributed by atoms with Crippen molar-refractivity contribution in [2.75, 3.05) is 0 Å². The Labute approximate surface area is 102 Å². The average Bonchev–Trinajstić information content (AvgIpc) is 2.69. The van der Waals surface area contributed by atoms with Gasteiger partial charge in [0.1, 0.15) is 12.0 Å². The van der Waals surface area contributed by atoms with Crippen LogP contribution in [0.3, 0.4) is 0 Å². The largest absolute Gasteiger partial charge is 0.329 e. The van der Waals surface area contributed by atoms with Gasteiger partial charge in [0.15, 0.2) is 0 Å². The summed E-state index contributed by atoms with van der Waals surface area (Å²) in [5, 5.41) is 1.20. The highest BCUT2D eigenvalue weighted by Gasteiger charge is 2.21. The second kappa shape index (κ2) is 4.13. The van der Waals surface area contributed by atoms with E-state index in [0.717, 1.165) is 11.6 Å². The molecule has 0 spiro atoms. The SMILES string of the molecule is Cc1cn(C2CCC(C)CC2)c2ncncc12. The first-order chi connectivity index (χ1) is 8.25. The van der Waals surface area contributed by atoms with Crippen molar-refractivity contribution < 1.29 is 0 Å². The van der Waals surface area contributed by atoms with Gasteiger partial charge >= 0.3 is 0 Å². The van der Waals surface area contributed by atoms with Crippen LogP contribution in [0.2, 0.25) is 0 Å². The number of hydrogen-bond donors (Lipinski definition) is 0. The third-order valence-corrected chi connectivity index (χ3v) is 4.07. The van der Waals surface area contributed by atoms with Gasteiger partial charge in [0.2, 0.25) is 0 Å². The molecule has 2 heterocycles. The summed E-state index contributed by atoms with van der Waals surface area (Å²) in [6.07, 6.45) is 11.1. The van der Waals surface area contributed by atoms with E-state index in [4.69, 9.17) is 0 Å². The molecule has 2 aromatic heterocycles. The third-order valence-electron chi connectivity index (χ3n) is 4.07. The van der Waals surface area contributed by atoms with Crippen molar-refractivity contribution >= 4 is 11.0 Å². The Balaban J connectivity index is 2.00. The van der Waals surface area contributed by atoms with Gasteiger partial charge < -0.3 is 4.57 Å². The molecule has 0 bridgehead atoms. The Morgan fingerprint density at radius 1 is 1.24 bits per heavy atom. The lowest BCUT2D eigenvalue weighted by atomic mass is 9.87. The summed E-state index contributed by atoms with van der Waals surface area (Å²) < 4.78 is 2.37. The maximum absolute atomic E-state index is 4.45. The number of rotatable bonds is 1. The van der Waals surface area contributed by atoms with Gasteiger partial charge in [0, 0.05) is 23.8 Å². The van der Waals surface area contributed by atoms with Gasteiger partial charge in [-0.25, -0.2) is 9.97 Å². The first kappa shape index (κ1) is 10.8. The van der Waals surface area contributed by atoms with Gasteiger partial charge in [-0.15, -0.1) is 0 Å². The second-order valence-corrected chi connectivity index (χ2v) is 5.39. The molecule has 0 radical (unpaired) electrons. The molecule has 2 aromatic rings. The number of aryl methyl sites for hydroxylation is 1. The Morgan fingerprint density at radius 3 is 2.76 bits per heavy atom. The van der Waals surface area contributed by atoms with Crippen molar-refractivity contribution in [2.45, 2.75) is 45.6 Å². The van der Waals surface area contributed by atoms with Crippen molar-refractivity contribution in [2.24, 2.45) is 5.92 Å². The summed E-state index contributed by atoms with van der Waals surface area (Å²) in [6.45, 7) is 4.51. The zero-order valence-electron chi connectivity index (χ0n) is 10.6. The predicted molar refractivity (Wildman–Crippen MR) is 68.9 cm³/mol. The molecule has 0 amide bonds. The van der Waals surface area contributed by atoms with E-state index in [0.29, 0.717) is 6.04 Å². The molecular weight excluding hydrogens is 210 g/mol. The van der Waals surface area contributed by atoms with E-state index in [1.807, 2.05) is 6.20 Å². The van der Waals surface area contributed by atoms with Crippen molar-refractivity contribution in [1.29, 1.82) is 0 Å². The van der Waals surface area contributed by atoms with Crippen LogP contribution in [0, 0.1) is 12.8 Å². The van der Waals surface area contributed by atoms with Crippen LogP contribution in [-0.2, 0) is 0 Å². The second-order valence-electron chi connectivity index (χ2n) is 5.39. The van der Waals surface area contributed by atoms with E-state index < -0.39 is 0 Å². The van der Waals surface area contributed by atoms with E-state index in [2.05, 4.69) is 34.6 Å². The molecular formula is C14H19N3. The van der Waals surface area contributed by atoms with Crippen LogP contribution in [0.4, 0.5) is 0 Å². The van der Waals surface area contributed by atoms with Crippen molar-refractivity contribution in [3.63, 3.8) is 0 Å². The zero-order valence-corrected chi connectivity index (χ0v) is 10.6. The molecule has 3 heteroatoms. The molecule has 90 valence electrons. The van der Waals surface area contributed by atoms with E-state index >= 15 is 0 Å². The highest BCUT2D eigenvalue weighted by molar-refractivity contribution is 5.79. The predicted octanol–water partition coefficient (Wildman–Crippen LogP) is 3.49. The van der Waals surface area contributed by atoms with E-state index in [9.17, 15) is 0 Å². The molecule has 1 saturated carbocycles. The molecule has 0 saturated heterocycles. The minimum Gasteiger partial charge on any atom is -0.329 e. The van der Waals surface area contributed by atoms with Gasteiger partial charge in [0.25, 0.3) is 0 Å². The van der Waals surface area contributed by atoms with Crippen LogP contribution < -0.4 is 0 Å². The molecule has 1 fully saturated rings. The standard InChI is InChI=1S/C14H19N3/c1-10-3-5-12(6-4-10)17-8-11(2)13-7-15-9-16-14(13)17/h7-10,12H,3-6H2,1-2H3. The molecule has 3 nitrogen and oxygen atoms in total. The minimum absolute atomic E-state index is 0.636. The Hall–Kier alpha value is -1.38. The van der Waals surface area contributed by atoms with Gasteiger partial charge in [-0.1, -0.05) is 6.92 Å². The lowest BCUT2D eigenvalue weighted by Gasteiger charge is -2.27. The van der Waals surface area contributed by atoms with Crippen LogP contribution in [0.1, 0.15) is 44.2 Å². The van der Waals surface area contributed by atoms with E-state index in [1.54, 1.807) is 6.33 Å². The molecule has 1 aliphatic carbocycles. The number of hydrogen-bond acceptors (Lipinski definition) is 2. The fraction of sp³-hybridized carbons (Fsp3) is 0.571. The summed E-state index contributed by atoms with van der Waals surface area (Å²) in [6, 6.07) is 0.636. The summed E-state index contributed by atoms with van der Waals surface area (Å²) >= 11 is 0. The zero-order chi connectivity index (χ0) is 11.8. The molecule has 0 N–H and O–H groups in total. The Morgan fingerprint density at radius 2 is 2.00 bits per heavy atom. The monoisotopic (exact) mass is 229 g/mol. The normalized spacial score (nSPS) is 25.3. The molecule has 1 aliphatic rings. The molecule has 0 aromatic carbocycles. The topological polar surface area (TPSA) is 30.7 Å². The quantitative estimate of drug-likeness (QED) is 0.749. The molecule has 17 heavy (non-hydrogen) atoms. The molecule has 0 atom stereocenters. The van der Waals surface area contributed by atoms with E-state index in [-0.39, 0.29) is 0 Å². The van der Waals surface area contributed by atoms with Crippen molar-refractivity contribution in [3.8, 4) is 0 Å². The highest BCUT2D eigenvalue weighted by atomic mass is 15.1. The summed E-state index contributed by atoms with van der Waals surface area (Å²) in [5.41, 5.74) is 2.40. The van der Waals surface area contributed by atoms with Crippen LogP contribution in [0.25, 0.3) is 11.0 Å². The Kier molecular flexibility index (Phi) is 2.61. The third kappa shape index (κ3) is 1.84. The average molecular weight is 229 g/mol. The number of fused-ring (bicyclic) bond motifs is 1. The maximum atomic E-state index is 4.45. The minimum atomic E-state index is 0.636. The lowest BCUT2D eigenvalue weighted by molar-refractivity contribution is 0.293. The number of aromatic nitrogens is 3. The van der Waals surface area contributed by atoms with Crippen LogP contribution in [0.15, 0.2) is 18.7 Å². The molecule has 3 rings (SSSR count). The first-order valence-electron chi connectivity index (χ1n) is 6.53. The summed E-state index contributed by atoms with van der Waals surface area (Å²) in [4.78, 5) is 8.57. The van der Waals surface area contributed by atoms with E-state index in [1.165, 1.54) is 36.6 Å². The van der Waals surface area contributed by atoms with Gasteiger partial charge in [-0.2, -0.15) is 0 Å².